The van der Waals surface area contributed by atoms with Gasteiger partial charge in [0.25, 0.3) is 10.0 Å². The number of carbonyl (C=O) groups is 1. The summed E-state index contributed by atoms with van der Waals surface area (Å²) < 4.78 is 32.5. The minimum atomic E-state index is -3.71. The molecule has 5 nitrogen and oxygen atoms in total. The monoisotopic (exact) mass is 331 g/mol. The van der Waals surface area contributed by atoms with Crippen LogP contribution >= 0.6 is 0 Å². The second-order valence-corrected chi connectivity index (χ2v) is 7.23. The fourth-order valence-corrected chi connectivity index (χ4v) is 4.47. The molecule has 0 N–H and O–H groups in total. The third-order valence-corrected chi connectivity index (χ3v) is 5.95. The van der Waals surface area contributed by atoms with Crippen molar-refractivity contribution in [1.29, 1.82) is 0 Å². The summed E-state index contributed by atoms with van der Waals surface area (Å²) in [5.74, 6) is 0.461. The number of nitrogens with zero attached hydrogens (tertiary/aromatic N) is 1. The second-order valence-electron chi connectivity index (χ2n) is 5.40. The van der Waals surface area contributed by atoms with Crippen LogP contribution in [0.25, 0.3) is 0 Å². The van der Waals surface area contributed by atoms with Gasteiger partial charge in [0, 0.05) is 18.5 Å². The molecule has 23 heavy (non-hydrogen) atoms. The van der Waals surface area contributed by atoms with Gasteiger partial charge in [0.15, 0.2) is 5.78 Å². The first-order chi connectivity index (χ1) is 10.9. The second kappa shape index (κ2) is 5.70. The van der Waals surface area contributed by atoms with Crippen LogP contribution in [0.3, 0.4) is 0 Å². The van der Waals surface area contributed by atoms with Crippen LogP contribution in [0.4, 0.5) is 5.69 Å². The first-order valence-corrected chi connectivity index (χ1v) is 8.69. The van der Waals surface area contributed by atoms with E-state index in [2.05, 4.69) is 0 Å². The van der Waals surface area contributed by atoms with Crippen LogP contribution < -0.4 is 9.04 Å². The SMILES string of the molecule is COc1ccc2c(c1)C(=O)CCN2S(=O)(=O)c1ccccc1C. The summed E-state index contributed by atoms with van der Waals surface area (Å²) in [6.45, 7) is 1.91. The number of hydrogen-bond acceptors (Lipinski definition) is 4. The van der Waals surface area contributed by atoms with E-state index in [1.54, 1.807) is 49.4 Å². The van der Waals surface area contributed by atoms with Crippen molar-refractivity contribution in [1.82, 2.24) is 0 Å². The van der Waals surface area contributed by atoms with E-state index in [4.69, 9.17) is 4.74 Å². The molecule has 0 aromatic heterocycles. The molecule has 2 aromatic rings. The van der Waals surface area contributed by atoms with Crippen LogP contribution in [-0.4, -0.2) is 27.9 Å². The summed E-state index contributed by atoms with van der Waals surface area (Å²) in [7, 11) is -2.20. The number of aryl methyl sites for hydroxylation is 1. The third kappa shape index (κ3) is 2.59. The van der Waals surface area contributed by atoms with Crippen molar-refractivity contribution in [3.05, 3.63) is 53.6 Å². The average molecular weight is 331 g/mol. The van der Waals surface area contributed by atoms with Crippen LogP contribution in [0.1, 0.15) is 22.3 Å². The minimum Gasteiger partial charge on any atom is -0.497 e. The van der Waals surface area contributed by atoms with Gasteiger partial charge in [0.1, 0.15) is 5.75 Å². The zero-order chi connectivity index (χ0) is 16.6. The van der Waals surface area contributed by atoms with Crippen molar-refractivity contribution in [3.8, 4) is 5.75 Å². The van der Waals surface area contributed by atoms with Crippen molar-refractivity contribution >= 4 is 21.5 Å². The molecule has 1 aliphatic rings. The molecule has 6 heteroatoms. The number of carbonyl (C=O) groups excluding carboxylic acids is 1. The Kier molecular flexibility index (Phi) is 3.85. The van der Waals surface area contributed by atoms with Gasteiger partial charge in [-0.25, -0.2) is 8.42 Å². The predicted octanol–water partition coefficient (Wildman–Crippen LogP) is 2.79. The lowest BCUT2D eigenvalue weighted by Crippen LogP contribution is -2.37. The summed E-state index contributed by atoms with van der Waals surface area (Å²) in [6, 6.07) is 11.7. The van der Waals surface area contributed by atoms with E-state index in [1.807, 2.05) is 0 Å². The van der Waals surface area contributed by atoms with E-state index in [0.29, 0.717) is 22.6 Å². The van der Waals surface area contributed by atoms with E-state index in [0.717, 1.165) is 0 Å². The van der Waals surface area contributed by atoms with Gasteiger partial charge in [0.05, 0.1) is 17.7 Å². The van der Waals surface area contributed by atoms with Gasteiger partial charge < -0.3 is 4.74 Å². The fourth-order valence-electron chi connectivity index (χ4n) is 2.76. The zero-order valence-corrected chi connectivity index (χ0v) is 13.8. The molecule has 0 amide bonds. The Labute approximate surface area is 135 Å². The topological polar surface area (TPSA) is 63.7 Å². The molecule has 1 heterocycles. The zero-order valence-electron chi connectivity index (χ0n) is 12.9. The molecular formula is C17H17NO4S. The molecule has 0 unspecified atom stereocenters. The summed E-state index contributed by atoms with van der Waals surface area (Å²) in [4.78, 5) is 12.4. The van der Waals surface area contributed by atoms with Crippen LogP contribution in [-0.2, 0) is 10.0 Å². The highest BCUT2D eigenvalue weighted by Gasteiger charge is 2.33. The maximum atomic E-state index is 13.0. The Bertz CT molecular complexity index is 874. The molecule has 0 bridgehead atoms. The van der Waals surface area contributed by atoms with E-state index < -0.39 is 10.0 Å². The maximum absolute atomic E-state index is 13.0. The number of fused-ring (bicyclic) bond motifs is 1. The van der Waals surface area contributed by atoms with Gasteiger partial charge in [-0.15, -0.1) is 0 Å². The Balaban J connectivity index is 2.14. The molecular weight excluding hydrogens is 314 g/mol. The van der Waals surface area contributed by atoms with Gasteiger partial charge in [-0.1, -0.05) is 18.2 Å². The van der Waals surface area contributed by atoms with Crippen LogP contribution in [0.15, 0.2) is 47.4 Å². The minimum absolute atomic E-state index is 0.0740. The number of benzene rings is 2. The normalized spacial score (nSPS) is 14.5. The summed E-state index contributed by atoms with van der Waals surface area (Å²) in [6.07, 6.45) is 0.158. The largest absolute Gasteiger partial charge is 0.497 e. The number of hydrogen-bond donors (Lipinski definition) is 0. The summed E-state index contributed by atoms with van der Waals surface area (Å²) >= 11 is 0. The van der Waals surface area contributed by atoms with Gasteiger partial charge in [-0.2, -0.15) is 0 Å². The Morgan fingerprint density at radius 1 is 1.13 bits per heavy atom. The molecule has 0 atom stereocenters. The Morgan fingerprint density at radius 3 is 2.57 bits per heavy atom. The van der Waals surface area contributed by atoms with Crippen LogP contribution in [0.5, 0.6) is 5.75 Å². The first-order valence-electron chi connectivity index (χ1n) is 7.25. The van der Waals surface area contributed by atoms with Crippen molar-refractivity contribution in [2.45, 2.75) is 18.2 Å². The maximum Gasteiger partial charge on any atom is 0.264 e. The summed E-state index contributed by atoms with van der Waals surface area (Å²) in [5, 5.41) is 0. The lowest BCUT2D eigenvalue weighted by atomic mass is 10.0. The highest BCUT2D eigenvalue weighted by molar-refractivity contribution is 7.92. The van der Waals surface area contributed by atoms with Gasteiger partial charge in [-0.05, 0) is 36.8 Å². The highest BCUT2D eigenvalue weighted by atomic mass is 32.2. The fraction of sp³-hybridized carbons (Fsp3) is 0.235. The van der Waals surface area contributed by atoms with Crippen molar-refractivity contribution in [3.63, 3.8) is 0 Å². The number of ketones is 1. The molecule has 2 aromatic carbocycles. The smallest absolute Gasteiger partial charge is 0.264 e. The standard InChI is InChI=1S/C17H17NO4S/c1-12-5-3-4-6-17(12)23(20,21)18-10-9-16(19)14-11-13(22-2)7-8-15(14)18/h3-8,11H,9-10H2,1-2H3. The molecule has 0 saturated heterocycles. The number of rotatable bonds is 3. The molecule has 3 rings (SSSR count). The van der Waals surface area contributed by atoms with E-state index in [-0.39, 0.29) is 23.6 Å². The van der Waals surface area contributed by atoms with Crippen LogP contribution in [0, 0.1) is 6.92 Å². The molecule has 120 valence electrons. The van der Waals surface area contributed by atoms with E-state index in [9.17, 15) is 13.2 Å². The predicted molar refractivity (Wildman–Crippen MR) is 87.7 cm³/mol. The van der Waals surface area contributed by atoms with Gasteiger partial charge >= 0.3 is 0 Å². The number of sulfonamides is 1. The first kappa shape index (κ1) is 15.6. The number of anilines is 1. The number of ether oxygens (including phenoxy) is 1. The van der Waals surface area contributed by atoms with Gasteiger partial charge in [0.2, 0.25) is 0 Å². The number of Topliss-reactive ketones (excluding diaryl/α,β-unsaturated/α-hetero) is 1. The Morgan fingerprint density at radius 2 is 1.87 bits per heavy atom. The van der Waals surface area contributed by atoms with Gasteiger partial charge in [-0.3, -0.25) is 9.10 Å². The van der Waals surface area contributed by atoms with Crippen molar-refractivity contribution in [2.75, 3.05) is 18.0 Å². The van der Waals surface area contributed by atoms with E-state index >= 15 is 0 Å². The third-order valence-electron chi connectivity index (χ3n) is 3.98. The average Bonchev–Trinajstić information content (AvgIpc) is 2.55. The molecule has 0 fully saturated rings. The number of methoxy groups -OCH3 is 1. The highest BCUT2D eigenvalue weighted by Crippen LogP contribution is 2.34. The molecule has 0 saturated carbocycles. The summed E-state index contributed by atoms with van der Waals surface area (Å²) in [5.41, 5.74) is 1.47. The van der Waals surface area contributed by atoms with Crippen molar-refractivity contribution in [2.24, 2.45) is 0 Å². The molecule has 1 aliphatic heterocycles. The van der Waals surface area contributed by atoms with Crippen LogP contribution in [0.2, 0.25) is 0 Å². The quantitative estimate of drug-likeness (QED) is 0.867. The van der Waals surface area contributed by atoms with E-state index in [1.165, 1.54) is 11.4 Å². The Hall–Kier alpha value is -2.34. The lowest BCUT2D eigenvalue weighted by Gasteiger charge is -2.30. The molecule has 0 aliphatic carbocycles. The van der Waals surface area contributed by atoms with Crippen molar-refractivity contribution < 1.29 is 17.9 Å². The molecule has 0 radical (unpaired) electrons. The lowest BCUT2D eigenvalue weighted by molar-refractivity contribution is 0.0981. The molecule has 0 spiro atoms.